The van der Waals surface area contributed by atoms with Gasteiger partial charge in [0.2, 0.25) is 0 Å². The van der Waals surface area contributed by atoms with E-state index in [-0.39, 0.29) is 20.1 Å². The van der Waals surface area contributed by atoms with Crippen molar-refractivity contribution in [2.75, 3.05) is 0 Å². The Balaban J connectivity index is 0.000000262. The van der Waals surface area contributed by atoms with Crippen molar-refractivity contribution in [1.29, 1.82) is 0 Å². The summed E-state index contributed by atoms with van der Waals surface area (Å²) in [6, 6.07) is 63.0. The fourth-order valence-electron chi connectivity index (χ4n) is 7.00. The molecule has 4 heteroatoms. The van der Waals surface area contributed by atoms with Crippen LogP contribution in [0.2, 0.25) is 0 Å². The third kappa shape index (κ3) is 6.67. The Morgan fingerprint density at radius 3 is 2.11 bits per heavy atom. The van der Waals surface area contributed by atoms with E-state index in [4.69, 9.17) is 9.40 Å². The summed E-state index contributed by atoms with van der Waals surface area (Å²) in [6.45, 7) is 2.18. The molecule has 0 spiro atoms. The number of nitrogens with zero attached hydrogens (tertiary/aromatic N) is 2. The predicted molar refractivity (Wildman–Crippen MR) is 215 cm³/mol. The predicted octanol–water partition coefficient (Wildman–Crippen LogP) is 12.9. The van der Waals surface area contributed by atoms with Crippen molar-refractivity contribution in [2.45, 2.75) is 6.92 Å². The van der Waals surface area contributed by atoms with Crippen LogP contribution in [0.5, 0.6) is 0 Å². The number of rotatable bonds is 4. The molecule has 3 nitrogen and oxygen atoms in total. The number of aryl methyl sites for hydroxylation is 1. The van der Waals surface area contributed by atoms with Gasteiger partial charge in [0.25, 0.3) is 0 Å². The minimum atomic E-state index is 0. The molecule has 0 aliphatic carbocycles. The van der Waals surface area contributed by atoms with Gasteiger partial charge >= 0.3 is 0 Å². The first-order chi connectivity index (χ1) is 25.7. The molecule has 0 atom stereocenters. The third-order valence-electron chi connectivity index (χ3n) is 9.59. The van der Waals surface area contributed by atoms with E-state index in [9.17, 15) is 0 Å². The maximum Gasteiger partial charge on any atom is 0.128 e. The minimum Gasteiger partial charge on any atom is -0.500 e. The molecule has 0 N–H and O–H groups in total. The molecule has 0 amide bonds. The van der Waals surface area contributed by atoms with Gasteiger partial charge in [-0.2, -0.15) is 0 Å². The number of hydrogen-bond acceptors (Lipinski definition) is 3. The fourth-order valence-corrected chi connectivity index (χ4v) is 7.00. The molecule has 10 rings (SSSR count). The van der Waals surface area contributed by atoms with Gasteiger partial charge in [-0.05, 0) is 86.6 Å². The van der Waals surface area contributed by atoms with Crippen LogP contribution < -0.4 is 0 Å². The van der Waals surface area contributed by atoms with Gasteiger partial charge < -0.3 is 14.4 Å². The average Bonchev–Trinajstić information content (AvgIpc) is 3.61. The zero-order valence-corrected chi connectivity index (χ0v) is 31.3. The van der Waals surface area contributed by atoms with Crippen molar-refractivity contribution in [1.82, 2.24) is 9.97 Å². The van der Waals surface area contributed by atoms with Crippen molar-refractivity contribution in [3.8, 4) is 44.8 Å². The van der Waals surface area contributed by atoms with Crippen molar-refractivity contribution < 1.29 is 24.5 Å². The largest absolute Gasteiger partial charge is 0.500 e. The minimum absolute atomic E-state index is 0. The summed E-state index contributed by atoms with van der Waals surface area (Å²) in [5, 5.41) is 6.94. The summed E-state index contributed by atoms with van der Waals surface area (Å²) in [5.74, 6) is 0. The molecule has 3 aromatic heterocycles. The molecule has 10 aromatic rings. The molecule has 1 radical (unpaired) electrons. The van der Waals surface area contributed by atoms with Gasteiger partial charge in [0.1, 0.15) is 5.58 Å². The molecule has 0 aliphatic heterocycles. The van der Waals surface area contributed by atoms with Gasteiger partial charge in [0.15, 0.2) is 0 Å². The second kappa shape index (κ2) is 14.8. The number of furan rings is 1. The molecule has 0 fully saturated rings. The standard InChI is InChI=1S/C38H24NO.C11H8N.Ir/c1-24-20-30-21-27(25-8-3-2-4-9-25)14-15-28(30)22-35(24)29-18-19-39-36(23-29)34-13-7-12-32-33-17-16-26-10-5-6-11-31(26)37(33)40-38(32)34;1-2-6-10(7-3-1)11-8-4-5-9-12-11;/h2-12,14-23H,1H3;1-6,8-9H;/q2*-1;. The number of aromatic nitrogens is 2. The van der Waals surface area contributed by atoms with Crippen molar-refractivity contribution in [3.05, 3.63) is 194 Å². The first kappa shape index (κ1) is 33.9. The van der Waals surface area contributed by atoms with Crippen LogP contribution in [0.25, 0.3) is 88.3 Å². The Hall–Kier alpha value is -6.19. The van der Waals surface area contributed by atoms with Crippen LogP contribution in [0.3, 0.4) is 0 Å². The quantitative estimate of drug-likeness (QED) is 0.166. The van der Waals surface area contributed by atoms with E-state index in [1.54, 1.807) is 6.20 Å². The Morgan fingerprint density at radius 1 is 0.472 bits per heavy atom. The zero-order valence-electron chi connectivity index (χ0n) is 28.9. The van der Waals surface area contributed by atoms with E-state index in [1.165, 1.54) is 38.4 Å². The molecule has 53 heavy (non-hydrogen) atoms. The average molecular weight is 857 g/mol. The van der Waals surface area contributed by atoms with Gasteiger partial charge in [0, 0.05) is 43.3 Å². The molecular weight excluding hydrogens is 825 g/mol. The number of pyridine rings is 2. The van der Waals surface area contributed by atoms with E-state index in [2.05, 4.69) is 139 Å². The number of benzene rings is 7. The molecule has 0 saturated heterocycles. The van der Waals surface area contributed by atoms with Crippen LogP contribution in [0.15, 0.2) is 181 Å². The van der Waals surface area contributed by atoms with E-state index in [0.717, 1.165) is 55.4 Å². The summed E-state index contributed by atoms with van der Waals surface area (Å²) in [4.78, 5) is 8.98. The van der Waals surface area contributed by atoms with Crippen LogP contribution in [0, 0.1) is 19.1 Å². The second-order valence-corrected chi connectivity index (χ2v) is 12.9. The van der Waals surface area contributed by atoms with Crippen molar-refractivity contribution >= 4 is 43.5 Å². The van der Waals surface area contributed by atoms with E-state index in [0.29, 0.717) is 0 Å². The first-order valence-electron chi connectivity index (χ1n) is 17.4. The molecular formula is C49H32IrN2O-2. The maximum atomic E-state index is 6.55. The molecule has 0 bridgehead atoms. The molecule has 3 heterocycles. The smallest absolute Gasteiger partial charge is 0.128 e. The molecule has 255 valence electrons. The second-order valence-electron chi connectivity index (χ2n) is 12.9. The number of hydrogen-bond donors (Lipinski definition) is 0. The number of fused-ring (bicyclic) bond motifs is 6. The topological polar surface area (TPSA) is 38.9 Å². The van der Waals surface area contributed by atoms with Crippen LogP contribution >= 0.6 is 0 Å². The molecule has 0 saturated carbocycles. The van der Waals surface area contributed by atoms with E-state index >= 15 is 0 Å². The van der Waals surface area contributed by atoms with Gasteiger partial charge in [-0.1, -0.05) is 114 Å². The molecule has 0 unspecified atom stereocenters. The maximum absolute atomic E-state index is 6.55. The normalized spacial score (nSPS) is 11.0. The van der Waals surface area contributed by atoms with Gasteiger partial charge in [-0.3, -0.25) is 0 Å². The summed E-state index contributed by atoms with van der Waals surface area (Å²) >= 11 is 0. The van der Waals surface area contributed by atoms with Gasteiger partial charge in [-0.15, -0.1) is 54.1 Å². The molecule has 0 aliphatic rings. The zero-order chi connectivity index (χ0) is 34.9. The fraction of sp³-hybridized carbons (Fsp3) is 0.0204. The Morgan fingerprint density at radius 2 is 1.26 bits per heavy atom. The Kier molecular flexibility index (Phi) is 9.48. The van der Waals surface area contributed by atoms with Crippen LogP contribution in [0.4, 0.5) is 0 Å². The van der Waals surface area contributed by atoms with Gasteiger partial charge in [-0.25, -0.2) is 0 Å². The van der Waals surface area contributed by atoms with E-state index in [1.807, 2.05) is 54.7 Å². The van der Waals surface area contributed by atoms with Crippen LogP contribution in [0.1, 0.15) is 5.56 Å². The first-order valence-corrected chi connectivity index (χ1v) is 17.4. The summed E-state index contributed by atoms with van der Waals surface area (Å²) in [6.07, 6.45) is 3.67. The van der Waals surface area contributed by atoms with Crippen molar-refractivity contribution in [3.63, 3.8) is 0 Å². The van der Waals surface area contributed by atoms with Crippen molar-refractivity contribution in [2.24, 2.45) is 0 Å². The summed E-state index contributed by atoms with van der Waals surface area (Å²) < 4.78 is 6.55. The monoisotopic (exact) mass is 857 g/mol. The Bertz CT molecular complexity index is 2810. The van der Waals surface area contributed by atoms with Crippen LogP contribution in [-0.4, -0.2) is 9.97 Å². The van der Waals surface area contributed by atoms with Gasteiger partial charge in [0.05, 0.1) is 5.58 Å². The Labute approximate surface area is 322 Å². The van der Waals surface area contributed by atoms with E-state index < -0.39 is 0 Å². The summed E-state index contributed by atoms with van der Waals surface area (Å²) in [5.41, 5.74) is 11.5. The SMILES string of the molecule is Cc1cc2cc(-c3ccccc3)ccc2cc1-c1ccnc(-c2[c-]ccc3c2oc2c4ccccc4ccc32)c1.[Ir].[c-]1ccccc1-c1ccccn1. The van der Waals surface area contributed by atoms with Crippen LogP contribution in [-0.2, 0) is 20.1 Å². The molecule has 7 aromatic carbocycles. The summed E-state index contributed by atoms with van der Waals surface area (Å²) in [7, 11) is 0. The third-order valence-corrected chi connectivity index (χ3v) is 9.59.